The topological polar surface area (TPSA) is 39.6 Å². The number of rotatable bonds is 3. The summed E-state index contributed by atoms with van der Waals surface area (Å²) in [7, 11) is 4.27. The molecule has 4 nitrogen and oxygen atoms in total. The van der Waals surface area contributed by atoms with E-state index in [4.69, 9.17) is 0 Å². The second kappa shape index (κ2) is 5.33. The number of aliphatic hydroxyl groups is 1. The van der Waals surface area contributed by atoms with E-state index in [1.807, 2.05) is 5.38 Å². The molecule has 1 aliphatic rings. The van der Waals surface area contributed by atoms with Gasteiger partial charge in [-0.05, 0) is 33.9 Å². The van der Waals surface area contributed by atoms with Crippen LogP contribution in [0.2, 0.25) is 0 Å². The van der Waals surface area contributed by atoms with Gasteiger partial charge < -0.3 is 14.9 Å². The van der Waals surface area contributed by atoms with Gasteiger partial charge in [0.25, 0.3) is 0 Å². The number of thiazole rings is 1. The third-order valence-corrected chi connectivity index (χ3v) is 4.25. The molecular weight excluding hydrogens is 234 g/mol. The van der Waals surface area contributed by atoms with Gasteiger partial charge in [-0.3, -0.25) is 0 Å². The van der Waals surface area contributed by atoms with Crippen LogP contribution in [-0.4, -0.2) is 48.2 Å². The van der Waals surface area contributed by atoms with Crippen molar-refractivity contribution >= 4 is 16.5 Å². The first-order valence-corrected chi connectivity index (χ1v) is 7.00. The van der Waals surface area contributed by atoms with E-state index >= 15 is 0 Å². The number of piperidine rings is 1. The highest BCUT2D eigenvalue weighted by atomic mass is 32.1. The highest BCUT2D eigenvalue weighted by Gasteiger charge is 2.23. The van der Waals surface area contributed by atoms with Crippen molar-refractivity contribution in [1.29, 1.82) is 0 Å². The predicted molar refractivity (Wildman–Crippen MR) is 71.7 cm³/mol. The van der Waals surface area contributed by atoms with Crippen LogP contribution in [0.15, 0.2) is 5.38 Å². The van der Waals surface area contributed by atoms with Crippen LogP contribution in [0.1, 0.15) is 31.6 Å². The van der Waals surface area contributed by atoms with E-state index in [9.17, 15) is 5.11 Å². The molecule has 1 aromatic rings. The summed E-state index contributed by atoms with van der Waals surface area (Å²) >= 11 is 1.63. The number of aliphatic hydroxyl groups excluding tert-OH is 1. The molecule has 0 aromatic carbocycles. The fourth-order valence-electron chi connectivity index (χ4n) is 2.16. The van der Waals surface area contributed by atoms with Crippen molar-refractivity contribution in [1.82, 2.24) is 9.88 Å². The Kier molecular flexibility index (Phi) is 4.01. The van der Waals surface area contributed by atoms with Gasteiger partial charge in [0, 0.05) is 24.5 Å². The Hall–Kier alpha value is -0.650. The van der Waals surface area contributed by atoms with Crippen molar-refractivity contribution in [3.8, 4) is 0 Å². The van der Waals surface area contributed by atoms with E-state index in [0.29, 0.717) is 6.04 Å². The Bertz CT molecular complexity index is 364. The molecule has 0 aliphatic carbocycles. The molecule has 2 heterocycles. The van der Waals surface area contributed by atoms with Crippen LogP contribution in [0.4, 0.5) is 5.13 Å². The zero-order chi connectivity index (χ0) is 12.4. The Balaban J connectivity index is 2.05. The van der Waals surface area contributed by atoms with Gasteiger partial charge in [0.05, 0.1) is 11.8 Å². The van der Waals surface area contributed by atoms with Crippen molar-refractivity contribution < 1.29 is 5.11 Å². The number of nitrogens with zero attached hydrogens (tertiary/aromatic N) is 3. The molecule has 1 saturated heterocycles. The van der Waals surface area contributed by atoms with E-state index in [2.05, 4.69) is 28.9 Å². The lowest BCUT2D eigenvalue weighted by atomic mass is 10.1. The van der Waals surface area contributed by atoms with Crippen molar-refractivity contribution in [2.45, 2.75) is 31.9 Å². The first-order valence-electron chi connectivity index (χ1n) is 6.13. The molecule has 0 spiro atoms. The lowest BCUT2D eigenvalue weighted by molar-refractivity contribution is 0.195. The molecule has 0 radical (unpaired) electrons. The zero-order valence-corrected chi connectivity index (χ0v) is 11.6. The first kappa shape index (κ1) is 12.8. The van der Waals surface area contributed by atoms with Crippen LogP contribution in [-0.2, 0) is 0 Å². The van der Waals surface area contributed by atoms with Crippen LogP contribution < -0.4 is 4.90 Å². The fraction of sp³-hybridized carbons (Fsp3) is 0.750. The van der Waals surface area contributed by atoms with E-state index in [1.54, 1.807) is 18.3 Å². The van der Waals surface area contributed by atoms with Crippen LogP contribution in [0.3, 0.4) is 0 Å². The molecule has 17 heavy (non-hydrogen) atoms. The average Bonchev–Trinajstić information content (AvgIpc) is 2.78. The molecule has 0 bridgehead atoms. The van der Waals surface area contributed by atoms with Gasteiger partial charge >= 0.3 is 0 Å². The monoisotopic (exact) mass is 255 g/mol. The van der Waals surface area contributed by atoms with Crippen LogP contribution in [0.5, 0.6) is 0 Å². The van der Waals surface area contributed by atoms with Crippen molar-refractivity contribution in [3.05, 3.63) is 11.1 Å². The van der Waals surface area contributed by atoms with Gasteiger partial charge in [-0.2, -0.15) is 0 Å². The molecule has 0 amide bonds. The summed E-state index contributed by atoms with van der Waals surface area (Å²) in [6.07, 6.45) is 2.01. The van der Waals surface area contributed by atoms with Gasteiger partial charge in [0.1, 0.15) is 0 Å². The molecule has 5 heteroatoms. The Morgan fingerprint density at radius 1 is 1.59 bits per heavy atom. The van der Waals surface area contributed by atoms with Crippen molar-refractivity contribution in [3.63, 3.8) is 0 Å². The number of anilines is 1. The van der Waals surface area contributed by atoms with E-state index in [-0.39, 0.29) is 0 Å². The van der Waals surface area contributed by atoms with E-state index in [0.717, 1.165) is 23.9 Å². The number of aromatic nitrogens is 1. The van der Waals surface area contributed by atoms with Crippen molar-refractivity contribution in [2.75, 3.05) is 32.1 Å². The van der Waals surface area contributed by atoms with Crippen LogP contribution in [0, 0.1) is 0 Å². The number of hydrogen-bond donors (Lipinski definition) is 1. The summed E-state index contributed by atoms with van der Waals surface area (Å²) in [6.45, 7) is 3.88. The van der Waals surface area contributed by atoms with Gasteiger partial charge in [-0.15, -0.1) is 11.3 Å². The lowest BCUT2D eigenvalue weighted by Crippen LogP contribution is -2.45. The zero-order valence-electron chi connectivity index (χ0n) is 10.8. The largest absolute Gasteiger partial charge is 0.387 e. The van der Waals surface area contributed by atoms with E-state index < -0.39 is 6.10 Å². The minimum atomic E-state index is -0.463. The summed E-state index contributed by atoms with van der Waals surface area (Å²) in [4.78, 5) is 9.13. The van der Waals surface area contributed by atoms with Gasteiger partial charge in [0.2, 0.25) is 0 Å². The molecule has 1 aromatic heterocycles. The average molecular weight is 255 g/mol. The Labute approximate surface area is 107 Å². The van der Waals surface area contributed by atoms with Gasteiger partial charge in [0.15, 0.2) is 5.13 Å². The molecule has 1 aliphatic heterocycles. The molecule has 2 rings (SSSR count). The molecule has 1 N–H and O–H groups in total. The first-order chi connectivity index (χ1) is 8.08. The quantitative estimate of drug-likeness (QED) is 0.893. The molecule has 1 fully saturated rings. The molecule has 2 unspecified atom stereocenters. The lowest BCUT2D eigenvalue weighted by Gasteiger charge is -2.35. The summed E-state index contributed by atoms with van der Waals surface area (Å²) < 4.78 is 0. The minimum Gasteiger partial charge on any atom is -0.387 e. The van der Waals surface area contributed by atoms with Gasteiger partial charge in [-0.25, -0.2) is 4.98 Å². The van der Waals surface area contributed by atoms with Crippen LogP contribution in [0.25, 0.3) is 0 Å². The fourth-order valence-corrected chi connectivity index (χ4v) is 3.11. The highest BCUT2D eigenvalue weighted by molar-refractivity contribution is 7.13. The molecule has 96 valence electrons. The summed E-state index contributed by atoms with van der Waals surface area (Å²) in [5.74, 6) is 0. The maximum atomic E-state index is 9.49. The summed E-state index contributed by atoms with van der Waals surface area (Å²) in [5.41, 5.74) is 0.789. The minimum absolute atomic E-state index is 0.463. The normalized spacial score (nSPS) is 23.1. The SMILES string of the molecule is CC(O)c1csc(N2CCCC(N(C)C)C2)n1. The maximum Gasteiger partial charge on any atom is 0.185 e. The standard InChI is InChI=1S/C12H21N3OS/c1-9(16)11-8-17-12(13-11)15-6-4-5-10(7-15)14(2)3/h8-10,16H,4-7H2,1-3H3. The second-order valence-electron chi connectivity index (χ2n) is 4.94. The van der Waals surface area contributed by atoms with Gasteiger partial charge in [-0.1, -0.05) is 0 Å². The summed E-state index contributed by atoms with van der Waals surface area (Å²) in [6, 6.07) is 0.614. The molecular formula is C12H21N3OS. The Morgan fingerprint density at radius 3 is 2.94 bits per heavy atom. The third kappa shape index (κ3) is 2.97. The third-order valence-electron chi connectivity index (χ3n) is 3.34. The second-order valence-corrected chi connectivity index (χ2v) is 5.77. The molecule has 2 atom stereocenters. The van der Waals surface area contributed by atoms with Crippen molar-refractivity contribution in [2.24, 2.45) is 0 Å². The smallest absolute Gasteiger partial charge is 0.185 e. The van der Waals surface area contributed by atoms with Crippen LogP contribution >= 0.6 is 11.3 Å². The summed E-state index contributed by atoms with van der Waals surface area (Å²) in [5, 5.41) is 12.5. The predicted octanol–water partition coefficient (Wildman–Crippen LogP) is 1.73. The van der Waals surface area contributed by atoms with E-state index in [1.165, 1.54) is 12.8 Å². The number of hydrogen-bond acceptors (Lipinski definition) is 5. The maximum absolute atomic E-state index is 9.49. The highest BCUT2D eigenvalue weighted by Crippen LogP contribution is 2.27. The number of likely N-dealkylation sites (N-methyl/N-ethyl adjacent to an activating group) is 1. The Morgan fingerprint density at radius 2 is 2.35 bits per heavy atom. The molecule has 0 saturated carbocycles.